The maximum absolute atomic E-state index is 12.3. The quantitative estimate of drug-likeness (QED) is 0.754. The second-order valence-electron chi connectivity index (χ2n) is 4.94. The Kier molecular flexibility index (Phi) is 7.26. The molecule has 0 spiro atoms. The van der Waals surface area contributed by atoms with E-state index in [2.05, 4.69) is 5.32 Å². The Balaban J connectivity index is 0.00000200. The van der Waals surface area contributed by atoms with Crippen molar-refractivity contribution in [2.75, 3.05) is 39.4 Å². The Morgan fingerprint density at radius 3 is 2.90 bits per heavy atom. The van der Waals surface area contributed by atoms with Gasteiger partial charge in [0.25, 0.3) is 5.91 Å². The molecule has 6 nitrogen and oxygen atoms in total. The van der Waals surface area contributed by atoms with Gasteiger partial charge in [-0.1, -0.05) is 0 Å². The molecule has 2 atom stereocenters. The van der Waals surface area contributed by atoms with Crippen LogP contribution in [0.2, 0.25) is 0 Å². The molecule has 2 fully saturated rings. The van der Waals surface area contributed by atoms with Crippen LogP contribution in [0.1, 0.15) is 19.8 Å². The molecule has 7 heteroatoms. The first kappa shape index (κ1) is 17.2. The number of amides is 1. The first-order valence-corrected chi connectivity index (χ1v) is 7.00. The van der Waals surface area contributed by atoms with Crippen LogP contribution in [0.25, 0.3) is 0 Å². The third kappa shape index (κ3) is 4.33. The zero-order valence-electron chi connectivity index (χ0n) is 11.8. The van der Waals surface area contributed by atoms with Gasteiger partial charge in [-0.25, -0.2) is 0 Å². The highest BCUT2D eigenvalue weighted by atomic mass is 35.5. The fraction of sp³-hybridized carbons (Fsp3) is 0.846. The van der Waals surface area contributed by atoms with Gasteiger partial charge in [0.15, 0.2) is 0 Å². The number of rotatable bonds is 3. The van der Waals surface area contributed by atoms with Gasteiger partial charge in [-0.2, -0.15) is 0 Å². The van der Waals surface area contributed by atoms with Crippen molar-refractivity contribution in [3.05, 3.63) is 0 Å². The van der Waals surface area contributed by atoms with Crippen molar-refractivity contribution in [2.24, 2.45) is 5.92 Å². The molecule has 0 aromatic carbocycles. The average Bonchev–Trinajstić information content (AvgIpc) is 2.48. The smallest absolute Gasteiger partial charge is 0.310 e. The molecule has 20 heavy (non-hydrogen) atoms. The van der Waals surface area contributed by atoms with Crippen LogP contribution in [0.3, 0.4) is 0 Å². The standard InChI is InChI=1S/C13H22N2O4.ClH/c1-2-18-13(17)10-4-3-6-15(9-10)12(16)11-8-14-5-7-19-11;/h10-11,14H,2-9H2,1H3;1H. The number of carbonyl (C=O) groups excluding carboxylic acids is 2. The molecular formula is C13H23ClN2O4. The van der Waals surface area contributed by atoms with Crippen molar-refractivity contribution in [3.8, 4) is 0 Å². The van der Waals surface area contributed by atoms with E-state index in [1.807, 2.05) is 0 Å². The Morgan fingerprint density at radius 1 is 1.45 bits per heavy atom. The van der Waals surface area contributed by atoms with Crippen molar-refractivity contribution >= 4 is 24.3 Å². The maximum atomic E-state index is 12.3. The summed E-state index contributed by atoms with van der Waals surface area (Å²) >= 11 is 0. The van der Waals surface area contributed by atoms with Crippen LogP contribution in [0.5, 0.6) is 0 Å². The molecular weight excluding hydrogens is 284 g/mol. The predicted molar refractivity (Wildman–Crippen MR) is 75.8 cm³/mol. The summed E-state index contributed by atoms with van der Waals surface area (Å²) in [6.07, 6.45) is 1.23. The second-order valence-corrected chi connectivity index (χ2v) is 4.94. The average molecular weight is 307 g/mol. The van der Waals surface area contributed by atoms with Crippen LogP contribution in [-0.2, 0) is 19.1 Å². The lowest BCUT2D eigenvalue weighted by Crippen LogP contribution is -2.52. The highest BCUT2D eigenvalue weighted by Gasteiger charge is 2.33. The third-order valence-electron chi connectivity index (χ3n) is 3.56. The summed E-state index contributed by atoms with van der Waals surface area (Å²) in [4.78, 5) is 25.8. The van der Waals surface area contributed by atoms with Crippen LogP contribution in [0.4, 0.5) is 0 Å². The van der Waals surface area contributed by atoms with Gasteiger partial charge in [0.2, 0.25) is 0 Å². The first-order valence-electron chi connectivity index (χ1n) is 7.00. The molecule has 0 bridgehead atoms. The van der Waals surface area contributed by atoms with Crippen molar-refractivity contribution in [3.63, 3.8) is 0 Å². The second kappa shape index (κ2) is 8.44. The minimum atomic E-state index is -0.408. The summed E-state index contributed by atoms with van der Waals surface area (Å²) in [5.41, 5.74) is 0. The summed E-state index contributed by atoms with van der Waals surface area (Å²) in [5.74, 6) is -0.391. The van der Waals surface area contributed by atoms with Gasteiger partial charge in [0, 0.05) is 26.2 Å². The van der Waals surface area contributed by atoms with E-state index in [0.717, 1.165) is 19.4 Å². The lowest BCUT2D eigenvalue weighted by Gasteiger charge is -2.35. The molecule has 0 radical (unpaired) electrons. The third-order valence-corrected chi connectivity index (χ3v) is 3.56. The fourth-order valence-corrected chi connectivity index (χ4v) is 2.56. The molecule has 2 unspecified atom stereocenters. The number of likely N-dealkylation sites (tertiary alicyclic amines) is 1. The minimum absolute atomic E-state index is 0. The lowest BCUT2D eigenvalue weighted by molar-refractivity contribution is -0.154. The SMILES string of the molecule is CCOC(=O)C1CCCN(C(=O)C2CNCCO2)C1.Cl. The monoisotopic (exact) mass is 306 g/mol. The van der Waals surface area contributed by atoms with E-state index in [9.17, 15) is 9.59 Å². The zero-order valence-corrected chi connectivity index (χ0v) is 12.6. The number of ether oxygens (including phenoxy) is 2. The van der Waals surface area contributed by atoms with Gasteiger partial charge in [-0.05, 0) is 19.8 Å². The summed E-state index contributed by atoms with van der Waals surface area (Å²) in [6.45, 7) is 5.25. The molecule has 116 valence electrons. The number of nitrogens with zero attached hydrogens (tertiary/aromatic N) is 1. The van der Waals surface area contributed by atoms with Crippen LogP contribution in [-0.4, -0.2) is 62.3 Å². The topological polar surface area (TPSA) is 67.9 Å². The molecule has 1 amide bonds. The van der Waals surface area contributed by atoms with Gasteiger partial charge in [0.1, 0.15) is 6.10 Å². The lowest BCUT2D eigenvalue weighted by atomic mass is 9.97. The molecule has 0 aliphatic carbocycles. The Morgan fingerprint density at radius 2 is 2.25 bits per heavy atom. The van der Waals surface area contributed by atoms with Crippen molar-refractivity contribution in [2.45, 2.75) is 25.9 Å². The number of hydrogen-bond acceptors (Lipinski definition) is 5. The number of piperidine rings is 1. The van der Waals surface area contributed by atoms with Gasteiger partial charge in [-0.3, -0.25) is 9.59 Å². The maximum Gasteiger partial charge on any atom is 0.310 e. The normalized spacial score (nSPS) is 26.6. The number of hydrogen-bond donors (Lipinski definition) is 1. The van der Waals surface area contributed by atoms with Gasteiger partial charge >= 0.3 is 5.97 Å². The molecule has 2 heterocycles. The van der Waals surface area contributed by atoms with Crippen LogP contribution >= 0.6 is 12.4 Å². The van der Waals surface area contributed by atoms with Gasteiger partial charge in [-0.15, -0.1) is 12.4 Å². The van der Waals surface area contributed by atoms with Crippen LogP contribution in [0.15, 0.2) is 0 Å². The summed E-state index contributed by atoms with van der Waals surface area (Å²) < 4.78 is 10.5. The van der Waals surface area contributed by atoms with Crippen LogP contribution < -0.4 is 5.32 Å². The highest BCUT2D eigenvalue weighted by molar-refractivity contribution is 5.85. The Labute approximate surface area is 125 Å². The molecule has 2 saturated heterocycles. The first-order chi connectivity index (χ1) is 9.22. The number of halogens is 1. The molecule has 2 rings (SSSR count). The highest BCUT2D eigenvalue weighted by Crippen LogP contribution is 2.19. The fourth-order valence-electron chi connectivity index (χ4n) is 2.56. The van der Waals surface area contributed by atoms with E-state index in [-0.39, 0.29) is 30.2 Å². The zero-order chi connectivity index (χ0) is 13.7. The van der Waals surface area contributed by atoms with E-state index < -0.39 is 6.10 Å². The number of morpholine rings is 1. The Hall–Kier alpha value is -0.850. The summed E-state index contributed by atoms with van der Waals surface area (Å²) in [6, 6.07) is 0. The summed E-state index contributed by atoms with van der Waals surface area (Å²) in [7, 11) is 0. The molecule has 0 aromatic heterocycles. The molecule has 0 saturated carbocycles. The van der Waals surface area contributed by atoms with E-state index in [4.69, 9.17) is 9.47 Å². The molecule has 1 N–H and O–H groups in total. The summed E-state index contributed by atoms with van der Waals surface area (Å²) in [5, 5.41) is 3.14. The number of esters is 1. The van der Waals surface area contributed by atoms with Crippen molar-refractivity contribution in [1.82, 2.24) is 10.2 Å². The van der Waals surface area contributed by atoms with E-state index in [1.54, 1.807) is 11.8 Å². The van der Waals surface area contributed by atoms with E-state index in [0.29, 0.717) is 32.8 Å². The number of carbonyl (C=O) groups is 2. The van der Waals surface area contributed by atoms with Crippen molar-refractivity contribution < 1.29 is 19.1 Å². The predicted octanol–water partition coefficient (Wildman–Crippen LogP) is 0.198. The molecule has 2 aliphatic heterocycles. The number of nitrogens with one attached hydrogen (secondary N) is 1. The van der Waals surface area contributed by atoms with E-state index in [1.165, 1.54) is 0 Å². The van der Waals surface area contributed by atoms with Crippen molar-refractivity contribution in [1.29, 1.82) is 0 Å². The van der Waals surface area contributed by atoms with Gasteiger partial charge < -0.3 is 19.7 Å². The van der Waals surface area contributed by atoms with Crippen LogP contribution in [0, 0.1) is 5.92 Å². The molecule has 0 aromatic rings. The Bertz CT molecular complexity index is 334. The minimum Gasteiger partial charge on any atom is -0.466 e. The largest absolute Gasteiger partial charge is 0.466 e. The molecule has 2 aliphatic rings. The van der Waals surface area contributed by atoms with E-state index >= 15 is 0 Å². The van der Waals surface area contributed by atoms with Gasteiger partial charge in [0.05, 0.1) is 19.1 Å².